The summed E-state index contributed by atoms with van der Waals surface area (Å²) in [7, 11) is 0. The van der Waals surface area contributed by atoms with Gasteiger partial charge in [-0.1, -0.05) is 0 Å². The third-order valence-electron chi connectivity index (χ3n) is 4.68. The van der Waals surface area contributed by atoms with E-state index in [0.29, 0.717) is 18.0 Å². The van der Waals surface area contributed by atoms with Crippen LogP contribution in [-0.4, -0.2) is 54.6 Å². The minimum atomic E-state index is -0.582. The number of amides is 1. The van der Waals surface area contributed by atoms with E-state index in [1.165, 1.54) is 0 Å². The number of hydrogen-bond donors (Lipinski definition) is 1. The van der Waals surface area contributed by atoms with Crippen LogP contribution in [0.1, 0.15) is 61.3 Å². The molecule has 138 valence electrons. The predicted octanol–water partition coefficient (Wildman–Crippen LogP) is 2.94. The quantitative estimate of drug-likeness (QED) is 0.599. The van der Waals surface area contributed by atoms with Gasteiger partial charge < -0.3 is 10.2 Å². The van der Waals surface area contributed by atoms with Crippen LogP contribution in [0, 0.1) is 0 Å². The predicted molar refractivity (Wildman–Crippen MR) is 108 cm³/mol. The first-order valence-corrected chi connectivity index (χ1v) is 9.23. The molecule has 8 heteroatoms. The minimum Gasteiger partial charge on any atom is -0.357 e. The van der Waals surface area contributed by atoms with Crippen LogP contribution in [0.15, 0.2) is 10.1 Å². The molecule has 2 heterocycles. The summed E-state index contributed by atoms with van der Waals surface area (Å²) in [5, 5.41) is 12.6. The van der Waals surface area contributed by atoms with Gasteiger partial charge in [0, 0.05) is 24.1 Å². The van der Waals surface area contributed by atoms with Crippen LogP contribution < -0.4 is 5.32 Å². The van der Waals surface area contributed by atoms with Gasteiger partial charge in [-0.3, -0.25) is 4.79 Å². The van der Waals surface area contributed by atoms with E-state index < -0.39 is 11.2 Å². The number of carbonyl (C=O) groups is 1. The second-order valence-corrected chi connectivity index (χ2v) is 9.00. The number of rotatable bonds is 4. The highest BCUT2D eigenvalue weighted by Gasteiger charge is 2.58. The Balaban J connectivity index is 2.39. The average Bonchev–Trinajstić information content (AvgIpc) is 2.57. The van der Waals surface area contributed by atoms with Crippen LogP contribution in [-0.2, 0) is 4.79 Å². The van der Waals surface area contributed by atoms with Gasteiger partial charge in [0.1, 0.15) is 11.7 Å². The Bertz CT molecular complexity index is 681. The largest absolute Gasteiger partial charge is 0.357 e. The van der Waals surface area contributed by atoms with Gasteiger partial charge in [-0.25, -0.2) is 10.0 Å². The fourth-order valence-electron chi connectivity index (χ4n) is 3.98. The van der Waals surface area contributed by atoms with Crippen LogP contribution in [0.2, 0.25) is 0 Å². The molecule has 25 heavy (non-hydrogen) atoms. The van der Waals surface area contributed by atoms with Gasteiger partial charge in [-0.05, 0) is 72.9 Å². The molecule has 2 aliphatic heterocycles. The molecule has 0 unspecified atom stereocenters. The molecule has 1 N–H and O–H groups in total. The summed E-state index contributed by atoms with van der Waals surface area (Å²) < 4.78 is 0. The molecule has 0 aromatic carbocycles. The van der Waals surface area contributed by atoms with E-state index in [4.69, 9.17) is 24.4 Å². The Kier molecular flexibility index (Phi) is 5.12. The fraction of sp³-hybridized carbons (Fsp3) is 0.765. The number of thiocarbonyl (C=S) groups is 2. The molecule has 0 aromatic rings. The zero-order chi connectivity index (χ0) is 19.2. The lowest BCUT2D eigenvalue weighted by Gasteiger charge is -2.50. The van der Waals surface area contributed by atoms with Crippen molar-refractivity contribution in [1.82, 2.24) is 15.2 Å². The first kappa shape index (κ1) is 19.9. The SMILES string of the molecule is C/C(CC(C)(C)N=C=S)=N\N1C(=O)[C@@H](C)N2C(=S)NC(C)(C)C[C@@]12C. The van der Waals surface area contributed by atoms with Crippen molar-refractivity contribution in [2.75, 3.05) is 0 Å². The zero-order valence-electron chi connectivity index (χ0n) is 16.0. The van der Waals surface area contributed by atoms with E-state index >= 15 is 0 Å². The van der Waals surface area contributed by atoms with Crippen molar-refractivity contribution in [2.24, 2.45) is 10.1 Å². The Morgan fingerprint density at radius 1 is 1.44 bits per heavy atom. The molecule has 0 spiro atoms. The molecule has 2 aliphatic rings. The summed E-state index contributed by atoms with van der Waals surface area (Å²) in [6.07, 6.45) is 1.31. The van der Waals surface area contributed by atoms with Crippen LogP contribution in [0.3, 0.4) is 0 Å². The average molecular weight is 382 g/mol. The number of nitrogens with one attached hydrogen (secondary N) is 1. The van der Waals surface area contributed by atoms with Crippen LogP contribution >= 0.6 is 24.4 Å². The smallest absolute Gasteiger partial charge is 0.267 e. The van der Waals surface area contributed by atoms with E-state index in [9.17, 15) is 4.79 Å². The van der Waals surface area contributed by atoms with Gasteiger partial charge in [0.05, 0.1) is 10.7 Å². The van der Waals surface area contributed by atoms with E-state index in [-0.39, 0.29) is 17.5 Å². The lowest BCUT2D eigenvalue weighted by Crippen LogP contribution is -2.67. The fourth-order valence-corrected chi connectivity index (χ4v) is 4.86. The van der Waals surface area contributed by atoms with Crippen LogP contribution in [0.25, 0.3) is 0 Å². The molecule has 2 rings (SSSR count). The highest BCUT2D eigenvalue weighted by molar-refractivity contribution is 7.80. The number of hydrogen-bond acceptors (Lipinski definition) is 5. The molecule has 0 saturated carbocycles. The minimum absolute atomic E-state index is 0.0418. The lowest BCUT2D eigenvalue weighted by atomic mass is 9.88. The van der Waals surface area contributed by atoms with Crippen molar-refractivity contribution < 1.29 is 4.79 Å². The summed E-state index contributed by atoms with van der Waals surface area (Å²) in [6.45, 7) is 13.9. The van der Waals surface area contributed by atoms with Crippen LogP contribution in [0.5, 0.6) is 0 Å². The van der Waals surface area contributed by atoms with Gasteiger partial charge in [-0.15, -0.1) is 0 Å². The molecule has 0 aliphatic carbocycles. The molecule has 2 saturated heterocycles. The first-order valence-electron chi connectivity index (χ1n) is 8.42. The number of fused-ring (bicyclic) bond motifs is 1. The van der Waals surface area contributed by atoms with Crippen molar-refractivity contribution >= 4 is 46.3 Å². The molecule has 1 amide bonds. The van der Waals surface area contributed by atoms with Gasteiger partial charge in [0.25, 0.3) is 5.91 Å². The van der Waals surface area contributed by atoms with Crippen molar-refractivity contribution in [3.63, 3.8) is 0 Å². The topological polar surface area (TPSA) is 60.3 Å². The van der Waals surface area contributed by atoms with Gasteiger partial charge >= 0.3 is 0 Å². The third-order valence-corrected chi connectivity index (χ3v) is 5.07. The molecule has 0 bridgehead atoms. The van der Waals surface area contributed by atoms with E-state index in [1.54, 1.807) is 5.01 Å². The highest BCUT2D eigenvalue weighted by Crippen LogP contribution is 2.41. The van der Waals surface area contributed by atoms with Crippen LogP contribution in [0.4, 0.5) is 0 Å². The third kappa shape index (κ3) is 3.76. The van der Waals surface area contributed by atoms with E-state index in [1.807, 2.05) is 39.5 Å². The zero-order valence-corrected chi connectivity index (χ0v) is 17.6. The normalized spacial score (nSPS) is 29.2. The highest BCUT2D eigenvalue weighted by atomic mass is 32.1. The number of aliphatic imine (C=N–C) groups is 1. The van der Waals surface area contributed by atoms with Gasteiger partial charge in [0.15, 0.2) is 5.11 Å². The number of nitrogens with zero attached hydrogens (tertiary/aromatic N) is 4. The Labute approximate surface area is 160 Å². The molecular weight excluding hydrogens is 354 g/mol. The van der Waals surface area contributed by atoms with Gasteiger partial charge in [-0.2, -0.15) is 5.10 Å². The van der Waals surface area contributed by atoms with Crippen molar-refractivity contribution in [3.05, 3.63) is 0 Å². The van der Waals surface area contributed by atoms with E-state index in [2.05, 4.69) is 34.4 Å². The summed E-state index contributed by atoms with van der Waals surface area (Å²) in [4.78, 5) is 19.0. The maximum atomic E-state index is 12.9. The summed E-state index contributed by atoms with van der Waals surface area (Å²) >= 11 is 10.2. The van der Waals surface area contributed by atoms with Gasteiger partial charge in [0.2, 0.25) is 0 Å². The van der Waals surface area contributed by atoms with Crippen molar-refractivity contribution in [3.8, 4) is 0 Å². The first-order chi connectivity index (χ1) is 11.3. The van der Waals surface area contributed by atoms with E-state index in [0.717, 1.165) is 5.71 Å². The molecular formula is C17H27N5OS2. The number of hydrazone groups is 1. The molecule has 6 nitrogen and oxygen atoms in total. The molecule has 0 radical (unpaired) electrons. The standard InChI is InChI=1S/C17H27N5OS2/c1-11(8-15(3,4)18-10-24)20-22-13(23)12(2)21-14(25)19-16(5,6)9-17(21,22)7/h12H,8-9H2,1-7H3,(H,19,25)/b20-11+/t12-,17-/m1/s1. The summed E-state index contributed by atoms with van der Waals surface area (Å²) in [5.74, 6) is -0.0418. The van der Waals surface area contributed by atoms with Crippen molar-refractivity contribution in [1.29, 1.82) is 0 Å². The number of isothiocyanates is 1. The molecule has 2 atom stereocenters. The summed E-state index contributed by atoms with van der Waals surface area (Å²) in [5.41, 5.74) is -0.367. The van der Waals surface area contributed by atoms with Crippen molar-refractivity contribution in [2.45, 2.75) is 84.1 Å². The second kappa shape index (κ2) is 6.41. The second-order valence-electron chi connectivity index (χ2n) is 8.43. The number of carbonyl (C=O) groups excluding carboxylic acids is 1. The molecule has 0 aromatic heterocycles. The monoisotopic (exact) mass is 381 g/mol. The lowest BCUT2D eigenvalue weighted by molar-refractivity contribution is -0.132. The Morgan fingerprint density at radius 2 is 2.04 bits per heavy atom. The maximum absolute atomic E-state index is 12.9. The Morgan fingerprint density at radius 3 is 2.60 bits per heavy atom. The molecule has 2 fully saturated rings. The Hall–Kier alpha value is -1.37. The summed E-state index contributed by atoms with van der Waals surface area (Å²) in [6, 6.07) is -0.343. The maximum Gasteiger partial charge on any atom is 0.267 e.